The summed E-state index contributed by atoms with van der Waals surface area (Å²) < 4.78 is 7.05. The van der Waals surface area contributed by atoms with Crippen molar-refractivity contribution in [2.24, 2.45) is 0 Å². The van der Waals surface area contributed by atoms with Crippen molar-refractivity contribution in [3.8, 4) is 11.4 Å². The molecule has 88 valence electrons. The minimum absolute atomic E-state index is 0.000556. The Hall–Kier alpha value is -1.82. The number of rotatable bonds is 3. The van der Waals surface area contributed by atoms with E-state index in [4.69, 9.17) is 9.84 Å². The summed E-state index contributed by atoms with van der Waals surface area (Å²) in [5.41, 5.74) is 0.646. The minimum Gasteiger partial charge on any atom is -0.493 e. The molecule has 0 fully saturated rings. The van der Waals surface area contributed by atoms with Crippen LogP contribution in [0.3, 0.4) is 0 Å². The van der Waals surface area contributed by atoms with Crippen LogP contribution in [0, 0.1) is 0 Å². The first-order valence-corrected chi connectivity index (χ1v) is 5.54. The zero-order chi connectivity index (χ0) is 12.4. The van der Waals surface area contributed by atoms with Crippen LogP contribution >= 0.6 is 15.9 Å². The number of halogens is 1. The Labute approximate surface area is 106 Å². The largest absolute Gasteiger partial charge is 0.493 e. The van der Waals surface area contributed by atoms with Gasteiger partial charge in [-0.25, -0.2) is 9.48 Å². The molecule has 0 aliphatic heterocycles. The molecule has 0 bridgehead atoms. The maximum absolute atomic E-state index is 11.2. The molecule has 6 heteroatoms. The molecule has 1 aromatic carbocycles. The van der Waals surface area contributed by atoms with Crippen molar-refractivity contribution in [3.05, 3.63) is 40.6 Å². The lowest BCUT2D eigenvalue weighted by molar-refractivity contribution is 0.0683. The number of methoxy groups -OCH3 is 1. The number of carboxylic acids is 1. The lowest BCUT2D eigenvalue weighted by Gasteiger charge is -2.07. The third kappa shape index (κ3) is 2.03. The maximum atomic E-state index is 11.2. The molecule has 0 saturated carbocycles. The molecule has 0 spiro atoms. The van der Waals surface area contributed by atoms with Gasteiger partial charge in [-0.15, -0.1) is 0 Å². The summed E-state index contributed by atoms with van der Waals surface area (Å²) in [6, 6.07) is 7.23. The van der Waals surface area contributed by atoms with Crippen molar-refractivity contribution in [2.45, 2.75) is 0 Å². The Bertz CT molecular complexity index is 566. The summed E-state index contributed by atoms with van der Waals surface area (Å²) >= 11 is 3.35. The summed E-state index contributed by atoms with van der Waals surface area (Å²) in [7, 11) is 1.41. The minimum atomic E-state index is -1.09. The van der Waals surface area contributed by atoms with Gasteiger partial charge in [-0.3, -0.25) is 0 Å². The molecule has 1 aromatic heterocycles. The first kappa shape index (κ1) is 11.7. The molecule has 1 heterocycles. The highest BCUT2D eigenvalue weighted by atomic mass is 79.9. The van der Waals surface area contributed by atoms with Gasteiger partial charge in [-0.1, -0.05) is 12.1 Å². The number of para-hydroxylation sites is 1. The van der Waals surface area contributed by atoms with Gasteiger partial charge in [0.15, 0.2) is 11.4 Å². The summed E-state index contributed by atoms with van der Waals surface area (Å²) in [4.78, 5) is 11.2. The molecule has 0 radical (unpaired) electrons. The molecule has 0 aliphatic carbocycles. The van der Waals surface area contributed by atoms with Crippen LogP contribution in [0.2, 0.25) is 0 Å². The van der Waals surface area contributed by atoms with Gasteiger partial charge >= 0.3 is 5.97 Å². The Balaban J connectivity index is 2.64. The van der Waals surface area contributed by atoms with Crippen LogP contribution < -0.4 is 4.74 Å². The predicted molar refractivity (Wildman–Crippen MR) is 64.8 cm³/mol. The van der Waals surface area contributed by atoms with Crippen LogP contribution in [-0.4, -0.2) is 28.0 Å². The Morgan fingerprint density at radius 3 is 2.76 bits per heavy atom. The number of benzene rings is 1. The summed E-state index contributed by atoms with van der Waals surface area (Å²) in [6.45, 7) is 0. The zero-order valence-corrected chi connectivity index (χ0v) is 10.5. The van der Waals surface area contributed by atoms with Crippen LogP contribution in [0.4, 0.5) is 0 Å². The third-order valence-electron chi connectivity index (χ3n) is 2.24. The number of hydrogen-bond acceptors (Lipinski definition) is 3. The molecule has 17 heavy (non-hydrogen) atoms. The second-order valence-corrected chi connectivity index (χ2v) is 4.08. The van der Waals surface area contributed by atoms with E-state index in [0.717, 1.165) is 4.47 Å². The Morgan fingerprint density at radius 1 is 1.47 bits per heavy atom. The van der Waals surface area contributed by atoms with Crippen molar-refractivity contribution >= 4 is 21.9 Å². The molecule has 5 nitrogen and oxygen atoms in total. The standard InChI is InChI=1S/C11H9BrN2O3/c1-17-9-6-13-14(10(9)11(15)16)8-5-3-2-4-7(8)12/h2-6H,1H3,(H,15,16). The van der Waals surface area contributed by atoms with Crippen LogP contribution in [0.15, 0.2) is 34.9 Å². The summed E-state index contributed by atoms with van der Waals surface area (Å²) in [5.74, 6) is -0.858. The molecule has 0 unspecified atom stereocenters. The number of nitrogens with zero attached hydrogens (tertiary/aromatic N) is 2. The van der Waals surface area contributed by atoms with E-state index in [9.17, 15) is 4.79 Å². The van der Waals surface area contributed by atoms with E-state index in [-0.39, 0.29) is 11.4 Å². The topological polar surface area (TPSA) is 64.4 Å². The normalized spacial score (nSPS) is 10.2. The number of carboxylic acid groups (broad SMARTS) is 1. The van der Waals surface area contributed by atoms with Crippen LogP contribution in [-0.2, 0) is 0 Å². The highest BCUT2D eigenvalue weighted by Gasteiger charge is 2.20. The molecule has 1 N–H and O–H groups in total. The van der Waals surface area contributed by atoms with Crippen molar-refractivity contribution in [1.82, 2.24) is 9.78 Å². The van der Waals surface area contributed by atoms with Gasteiger partial charge in [-0.2, -0.15) is 5.10 Å². The van der Waals surface area contributed by atoms with Gasteiger partial charge in [-0.05, 0) is 28.1 Å². The number of aromatic nitrogens is 2. The van der Waals surface area contributed by atoms with Gasteiger partial charge < -0.3 is 9.84 Å². The van der Waals surface area contributed by atoms with E-state index in [1.165, 1.54) is 18.0 Å². The number of aromatic carboxylic acids is 1. The number of hydrogen-bond donors (Lipinski definition) is 1. The highest BCUT2D eigenvalue weighted by molar-refractivity contribution is 9.10. The fraction of sp³-hybridized carbons (Fsp3) is 0.0909. The van der Waals surface area contributed by atoms with Gasteiger partial charge in [0, 0.05) is 4.47 Å². The van der Waals surface area contributed by atoms with Gasteiger partial charge in [0.2, 0.25) is 0 Å². The first-order valence-electron chi connectivity index (χ1n) is 4.75. The van der Waals surface area contributed by atoms with E-state index in [2.05, 4.69) is 21.0 Å². The van der Waals surface area contributed by atoms with Crippen LogP contribution in [0.5, 0.6) is 5.75 Å². The van der Waals surface area contributed by atoms with Crippen LogP contribution in [0.25, 0.3) is 5.69 Å². The van der Waals surface area contributed by atoms with E-state index in [1.807, 2.05) is 12.1 Å². The second-order valence-electron chi connectivity index (χ2n) is 3.23. The van der Waals surface area contributed by atoms with Crippen molar-refractivity contribution < 1.29 is 14.6 Å². The molecular weight excluding hydrogens is 288 g/mol. The Kier molecular flexibility index (Phi) is 3.14. The molecule has 0 amide bonds. The Morgan fingerprint density at radius 2 is 2.18 bits per heavy atom. The predicted octanol–water partition coefficient (Wildman–Crippen LogP) is 2.34. The SMILES string of the molecule is COc1cnn(-c2ccccc2Br)c1C(=O)O. The quantitative estimate of drug-likeness (QED) is 0.944. The number of ether oxygens (including phenoxy) is 1. The average Bonchev–Trinajstić information content (AvgIpc) is 2.73. The first-order chi connectivity index (χ1) is 8.15. The lowest BCUT2D eigenvalue weighted by atomic mass is 10.3. The van der Waals surface area contributed by atoms with Crippen LogP contribution in [0.1, 0.15) is 10.5 Å². The van der Waals surface area contributed by atoms with Crippen molar-refractivity contribution in [2.75, 3.05) is 7.11 Å². The average molecular weight is 297 g/mol. The maximum Gasteiger partial charge on any atom is 0.358 e. The second kappa shape index (κ2) is 4.58. The van der Waals surface area contributed by atoms with E-state index in [0.29, 0.717) is 5.69 Å². The van der Waals surface area contributed by atoms with E-state index >= 15 is 0 Å². The van der Waals surface area contributed by atoms with Crippen molar-refractivity contribution in [3.63, 3.8) is 0 Å². The fourth-order valence-electron chi connectivity index (χ4n) is 1.48. The lowest BCUT2D eigenvalue weighted by Crippen LogP contribution is -2.09. The summed E-state index contributed by atoms with van der Waals surface area (Å²) in [5, 5.41) is 13.2. The van der Waals surface area contributed by atoms with Gasteiger partial charge in [0.25, 0.3) is 0 Å². The highest BCUT2D eigenvalue weighted by Crippen LogP contribution is 2.25. The van der Waals surface area contributed by atoms with Gasteiger partial charge in [0.1, 0.15) is 0 Å². The molecule has 0 saturated heterocycles. The number of carbonyl (C=O) groups is 1. The van der Waals surface area contributed by atoms with Crippen molar-refractivity contribution in [1.29, 1.82) is 0 Å². The molecule has 0 atom stereocenters. The van der Waals surface area contributed by atoms with Gasteiger partial charge in [0.05, 0.1) is 19.0 Å². The zero-order valence-electron chi connectivity index (χ0n) is 8.92. The third-order valence-corrected chi connectivity index (χ3v) is 2.91. The fourth-order valence-corrected chi connectivity index (χ4v) is 1.94. The van der Waals surface area contributed by atoms with E-state index in [1.54, 1.807) is 12.1 Å². The molecule has 2 rings (SSSR count). The smallest absolute Gasteiger partial charge is 0.358 e. The summed E-state index contributed by atoms with van der Waals surface area (Å²) in [6.07, 6.45) is 1.38. The molecule has 2 aromatic rings. The molecular formula is C11H9BrN2O3. The molecule has 0 aliphatic rings. The monoisotopic (exact) mass is 296 g/mol. The van der Waals surface area contributed by atoms with E-state index < -0.39 is 5.97 Å².